The molecule has 27 heavy (non-hydrogen) atoms. The van der Waals surface area contributed by atoms with Gasteiger partial charge in [-0.1, -0.05) is 13.0 Å². The lowest BCUT2D eigenvalue weighted by Crippen LogP contribution is -2.23. The van der Waals surface area contributed by atoms with Crippen LogP contribution in [0.25, 0.3) is 11.0 Å². The zero-order chi connectivity index (χ0) is 19.9. The molecule has 0 aliphatic heterocycles. The van der Waals surface area contributed by atoms with Crippen LogP contribution in [0.2, 0.25) is 0 Å². The summed E-state index contributed by atoms with van der Waals surface area (Å²) in [5.41, 5.74) is -0.289. The van der Waals surface area contributed by atoms with Crippen LogP contribution in [-0.4, -0.2) is 23.5 Å². The van der Waals surface area contributed by atoms with E-state index in [9.17, 15) is 17.9 Å². The fourth-order valence-corrected chi connectivity index (χ4v) is 4.43. The summed E-state index contributed by atoms with van der Waals surface area (Å²) in [7, 11) is -4.11. The zero-order valence-electron chi connectivity index (χ0n) is 14.1. The van der Waals surface area contributed by atoms with Crippen LogP contribution in [0.5, 0.6) is 0 Å². The molecule has 0 fully saturated rings. The van der Waals surface area contributed by atoms with Crippen molar-refractivity contribution in [1.82, 2.24) is 9.97 Å². The van der Waals surface area contributed by atoms with Gasteiger partial charge in [-0.3, -0.25) is 0 Å². The standard InChI is InChI=1S/C17H16BrF2N3O3S/c1-2-13(27(21,25)26)9-3-4-12(19)14(15(9)20)16(24)11-7-23-17-10(11)5-8(18)6-22-17/h3-7,13,16,24H,2H2,1H3,(H,22,23)(H2,21,25,26). The van der Waals surface area contributed by atoms with E-state index in [2.05, 4.69) is 25.9 Å². The average molecular weight is 460 g/mol. The predicted octanol–water partition coefficient (Wildman–Crippen LogP) is 3.42. The molecule has 2 atom stereocenters. The number of aliphatic hydroxyl groups is 1. The number of nitrogens with zero attached hydrogens (tertiary/aromatic N) is 1. The maximum Gasteiger partial charge on any atom is 0.216 e. The van der Waals surface area contributed by atoms with E-state index in [0.29, 0.717) is 15.5 Å². The fourth-order valence-electron chi connectivity index (χ4n) is 3.09. The first-order valence-corrected chi connectivity index (χ1v) is 10.3. The third kappa shape index (κ3) is 3.62. The molecular formula is C17H16BrF2N3O3S. The molecule has 3 aromatic rings. The first-order valence-electron chi connectivity index (χ1n) is 7.95. The van der Waals surface area contributed by atoms with Gasteiger partial charge in [0.1, 0.15) is 28.6 Å². The number of primary sulfonamides is 1. The molecule has 10 heteroatoms. The van der Waals surface area contributed by atoms with Gasteiger partial charge in [0.2, 0.25) is 10.0 Å². The Labute approximate surface area is 162 Å². The van der Waals surface area contributed by atoms with Gasteiger partial charge in [-0.2, -0.15) is 0 Å². The minimum Gasteiger partial charge on any atom is -0.383 e. The second kappa shape index (κ2) is 7.27. The lowest BCUT2D eigenvalue weighted by molar-refractivity contribution is 0.210. The molecule has 0 bridgehead atoms. The Kier molecular flexibility index (Phi) is 5.35. The quantitative estimate of drug-likeness (QED) is 0.542. The molecule has 1 aromatic carbocycles. The second-order valence-corrected chi connectivity index (χ2v) is 8.71. The lowest BCUT2D eigenvalue weighted by Gasteiger charge is -2.19. The Morgan fingerprint density at radius 1 is 1.33 bits per heavy atom. The minimum absolute atomic E-state index is 0.000866. The van der Waals surface area contributed by atoms with Crippen molar-refractivity contribution in [2.24, 2.45) is 5.14 Å². The number of rotatable bonds is 5. The number of aromatic nitrogens is 2. The van der Waals surface area contributed by atoms with Crippen molar-refractivity contribution < 1.29 is 22.3 Å². The number of halogens is 3. The van der Waals surface area contributed by atoms with E-state index < -0.39 is 38.6 Å². The van der Waals surface area contributed by atoms with E-state index in [4.69, 9.17) is 5.14 Å². The highest BCUT2D eigenvalue weighted by Crippen LogP contribution is 2.36. The Balaban J connectivity index is 2.18. The SMILES string of the molecule is CCC(c1ccc(F)c(C(O)c2c[nH]c3ncc(Br)cc23)c1F)S(N)(=O)=O. The van der Waals surface area contributed by atoms with Gasteiger partial charge in [-0.05, 0) is 34.5 Å². The van der Waals surface area contributed by atoms with Gasteiger partial charge in [0.15, 0.2) is 0 Å². The van der Waals surface area contributed by atoms with E-state index >= 15 is 4.39 Å². The van der Waals surface area contributed by atoms with E-state index in [0.717, 1.165) is 12.1 Å². The van der Waals surface area contributed by atoms with Gasteiger partial charge in [-0.25, -0.2) is 27.3 Å². The number of hydrogen-bond acceptors (Lipinski definition) is 4. The van der Waals surface area contributed by atoms with Crippen molar-refractivity contribution in [1.29, 1.82) is 0 Å². The molecule has 3 rings (SSSR count). The maximum atomic E-state index is 15.1. The highest BCUT2D eigenvalue weighted by molar-refractivity contribution is 9.10. The van der Waals surface area contributed by atoms with Crippen molar-refractivity contribution in [2.75, 3.05) is 0 Å². The summed E-state index contributed by atoms with van der Waals surface area (Å²) >= 11 is 3.26. The number of sulfonamides is 1. The highest BCUT2D eigenvalue weighted by Gasteiger charge is 2.30. The Morgan fingerprint density at radius 2 is 2.04 bits per heavy atom. The monoisotopic (exact) mass is 459 g/mol. The molecule has 0 radical (unpaired) electrons. The summed E-state index contributed by atoms with van der Waals surface area (Å²) in [6, 6.07) is 3.61. The molecule has 0 saturated carbocycles. The third-order valence-electron chi connectivity index (χ3n) is 4.37. The number of fused-ring (bicyclic) bond motifs is 1. The normalized spacial score (nSPS) is 14.4. The Morgan fingerprint density at radius 3 is 2.67 bits per heavy atom. The van der Waals surface area contributed by atoms with Gasteiger partial charge in [0.25, 0.3) is 0 Å². The van der Waals surface area contributed by atoms with Gasteiger partial charge in [0.05, 0.1) is 5.56 Å². The van der Waals surface area contributed by atoms with Gasteiger partial charge >= 0.3 is 0 Å². The van der Waals surface area contributed by atoms with E-state index in [1.54, 1.807) is 6.07 Å². The van der Waals surface area contributed by atoms with Crippen molar-refractivity contribution >= 4 is 37.0 Å². The number of nitrogens with one attached hydrogen (secondary N) is 1. The summed E-state index contributed by atoms with van der Waals surface area (Å²) in [5, 5.41) is 15.0. The molecule has 0 aliphatic rings. The molecule has 0 saturated heterocycles. The van der Waals surface area contributed by atoms with Gasteiger partial charge in [0, 0.05) is 33.4 Å². The number of pyridine rings is 1. The molecule has 0 amide bonds. The molecular weight excluding hydrogens is 444 g/mol. The minimum atomic E-state index is -4.11. The lowest BCUT2D eigenvalue weighted by atomic mass is 9.96. The molecule has 144 valence electrons. The third-order valence-corrected chi connectivity index (χ3v) is 6.18. The number of aliphatic hydroxyl groups excluding tert-OH is 1. The van der Waals surface area contributed by atoms with E-state index in [1.807, 2.05) is 0 Å². The topological polar surface area (TPSA) is 109 Å². The molecule has 4 N–H and O–H groups in total. The van der Waals surface area contributed by atoms with Crippen LogP contribution in [-0.2, 0) is 10.0 Å². The second-order valence-electron chi connectivity index (χ2n) is 6.05. The molecule has 2 aromatic heterocycles. The number of nitrogens with two attached hydrogens (primary N) is 1. The van der Waals surface area contributed by atoms with Gasteiger partial charge in [-0.15, -0.1) is 0 Å². The summed E-state index contributed by atoms with van der Waals surface area (Å²) in [4.78, 5) is 6.94. The van der Waals surface area contributed by atoms with E-state index in [1.165, 1.54) is 19.3 Å². The zero-order valence-corrected chi connectivity index (χ0v) is 16.5. The Bertz CT molecular complexity index is 1120. The maximum absolute atomic E-state index is 15.1. The summed E-state index contributed by atoms with van der Waals surface area (Å²) in [5.74, 6) is -2.13. The molecule has 0 spiro atoms. The molecule has 0 aliphatic carbocycles. The molecule has 2 heterocycles. The molecule has 6 nitrogen and oxygen atoms in total. The van der Waals surface area contributed by atoms with Crippen molar-refractivity contribution in [3.63, 3.8) is 0 Å². The first kappa shape index (κ1) is 19.9. The van der Waals surface area contributed by atoms with Crippen LogP contribution in [0.3, 0.4) is 0 Å². The summed E-state index contributed by atoms with van der Waals surface area (Å²) < 4.78 is 53.6. The van der Waals surface area contributed by atoms with Crippen LogP contribution < -0.4 is 5.14 Å². The van der Waals surface area contributed by atoms with Crippen LogP contribution in [0.15, 0.2) is 35.1 Å². The number of aromatic amines is 1. The van der Waals surface area contributed by atoms with Crippen molar-refractivity contribution in [3.8, 4) is 0 Å². The number of H-pyrrole nitrogens is 1. The predicted molar refractivity (Wildman–Crippen MR) is 100 cm³/mol. The van der Waals surface area contributed by atoms with Gasteiger partial charge < -0.3 is 10.1 Å². The van der Waals surface area contributed by atoms with Crippen LogP contribution in [0.4, 0.5) is 8.78 Å². The average Bonchev–Trinajstić information content (AvgIpc) is 2.99. The largest absolute Gasteiger partial charge is 0.383 e. The van der Waals surface area contributed by atoms with Crippen LogP contribution in [0, 0.1) is 11.6 Å². The fraction of sp³-hybridized carbons (Fsp3) is 0.235. The molecule has 2 unspecified atom stereocenters. The summed E-state index contributed by atoms with van der Waals surface area (Å²) in [6.07, 6.45) is 1.26. The smallest absolute Gasteiger partial charge is 0.216 e. The first-order chi connectivity index (χ1) is 12.6. The van der Waals surface area contributed by atoms with Crippen molar-refractivity contribution in [3.05, 3.63) is 63.4 Å². The van der Waals surface area contributed by atoms with Crippen LogP contribution in [0.1, 0.15) is 41.4 Å². The highest BCUT2D eigenvalue weighted by atomic mass is 79.9. The number of hydrogen-bond donors (Lipinski definition) is 3. The summed E-state index contributed by atoms with van der Waals surface area (Å²) in [6.45, 7) is 1.52. The van der Waals surface area contributed by atoms with Crippen molar-refractivity contribution in [2.45, 2.75) is 24.7 Å². The number of benzene rings is 1. The van der Waals surface area contributed by atoms with E-state index in [-0.39, 0.29) is 17.5 Å². The van der Waals surface area contributed by atoms with Crippen LogP contribution >= 0.6 is 15.9 Å². The Hall–Kier alpha value is -1.88.